The molecule has 1 heterocycles. The van der Waals surface area contributed by atoms with Gasteiger partial charge in [-0.3, -0.25) is 0 Å². The van der Waals surface area contributed by atoms with Crippen molar-refractivity contribution in [2.45, 2.75) is 75.2 Å². The van der Waals surface area contributed by atoms with Crippen LogP contribution in [0.5, 0.6) is 0 Å². The molecule has 1 aliphatic rings. The Morgan fingerprint density at radius 1 is 1.24 bits per heavy atom. The molecule has 0 amide bonds. The normalized spacial score (nSPS) is 39.6. The monoisotopic (exact) mass is 310 g/mol. The molecule has 0 spiro atoms. The number of aliphatic hydroxyl groups excluding tert-OH is 5. The fourth-order valence-electron chi connectivity index (χ4n) is 2.53. The topological polar surface area (TPSA) is 140 Å². The molecule has 0 radical (unpaired) electrons. The first-order chi connectivity index (χ1) is 9.63. The van der Waals surface area contributed by atoms with Crippen LogP contribution in [0.1, 0.15) is 26.7 Å². The lowest BCUT2D eigenvalue weighted by molar-refractivity contribution is -0.305. The summed E-state index contributed by atoms with van der Waals surface area (Å²) in [7, 11) is 1.32. The Balaban J connectivity index is 2.88. The van der Waals surface area contributed by atoms with E-state index < -0.39 is 48.5 Å². The van der Waals surface area contributed by atoms with E-state index in [1.165, 1.54) is 21.0 Å². The smallest absolute Gasteiger partial charge is 0.183 e. The van der Waals surface area contributed by atoms with E-state index in [0.29, 0.717) is 0 Å². The van der Waals surface area contributed by atoms with Gasteiger partial charge in [0.1, 0.15) is 17.8 Å². The maximum atomic E-state index is 10.5. The van der Waals surface area contributed by atoms with Gasteiger partial charge >= 0.3 is 0 Å². The summed E-state index contributed by atoms with van der Waals surface area (Å²) < 4.78 is 10.3. The summed E-state index contributed by atoms with van der Waals surface area (Å²) in [4.78, 5) is 0. The summed E-state index contributed by atoms with van der Waals surface area (Å²) in [5.74, 6) is 0. The molecule has 1 saturated heterocycles. The number of ether oxygens (including phenoxy) is 2. The molecule has 0 saturated carbocycles. The van der Waals surface area contributed by atoms with Crippen LogP contribution in [0.3, 0.4) is 0 Å². The van der Waals surface area contributed by atoms with Gasteiger partial charge < -0.3 is 40.1 Å². The number of methoxy groups -OCH3 is 1. The van der Waals surface area contributed by atoms with E-state index in [4.69, 9.17) is 9.47 Å². The first-order valence-electron chi connectivity index (χ1n) is 6.94. The van der Waals surface area contributed by atoms with Crippen molar-refractivity contribution in [3.63, 3.8) is 0 Å². The zero-order chi connectivity index (χ0) is 16.4. The van der Waals surface area contributed by atoms with Gasteiger partial charge in [-0.2, -0.15) is 0 Å². The molecule has 0 aliphatic carbocycles. The highest BCUT2D eigenvalue weighted by atomic mass is 16.7. The van der Waals surface area contributed by atoms with E-state index in [2.05, 4.69) is 0 Å². The highest BCUT2D eigenvalue weighted by molar-refractivity contribution is 4.99. The van der Waals surface area contributed by atoms with Crippen molar-refractivity contribution < 1.29 is 40.1 Å². The molecule has 0 unspecified atom stereocenters. The van der Waals surface area contributed by atoms with Crippen LogP contribution < -0.4 is 0 Å². The third kappa shape index (κ3) is 4.11. The van der Waals surface area contributed by atoms with E-state index >= 15 is 0 Å². The van der Waals surface area contributed by atoms with Gasteiger partial charge in [0.15, 0.2) is 6.29 Å². The van der Waals surface area contributed by atoms with E-state index in [1.54, 1.807) is 0 Å². The van der Waals surface area contributed by atoms with Crippen molar-refractivity contribution in [1.29, 1.82) is 0 Å². The molecule has 8 atom stereocenters. The molecule has 8 nitrogen and oxygen atoms in total. The largest absolute Gasteiger partial charge is 0.391 e. The Morgan fingerprint density at radius 3 is 2.24 bits per heavy atom. The molecule has 6 N–H and O–H groups in total. The maximum Gasteiger partial charge on any atom is 0.183 e. The summed E-state index contributed by atoms with van der Waals surface area (Å²) in [6.45, 7) is 2.66. The standard InChI is InChI=1S/C13H26O8/c1-6(14)11(18)8(16)4-10-13(19,7(2)15)5-9(17)12(20-3)21-10/h6-12,14-19H,4-5H2,1-3H3/t6-,7-,8+,9-,10+,11-,12-,13-/m1/s1. The number of aliphatic hydroxyl groups is 6. The Bertz CT molecular complexity index is 323. The maximum absolute atomic E-state index is 10.5. The second kappa shape index (κ2) is 7.30. The van der Waals surface area contributed by atoms with Crippen LogP contribution in [0.2, 0.25) is 0 Å². The van der Waals surface area contributed by atoms with Crippen LogP contribution in [-0.4, -0.2) is 86.3 Å². The molecular weight excluding hydrogens is 284 g/mol. The van der Waals surface area contributed by atoms with Gasteiger partial charge in [0.05, 0.1) is 24.4 Å². The predicted octanol–water partition coefficient (Wildman–Crippen LogP) is -2.29. The van der Waals surface area contributed by atoms with Gasteiger partial charge in [0, 0.05) is 20.0 Å². The first-order valence-corrected chi connectivity index (χ1v) is 6.94. The summed E-state index contributed by atoms with van der Waals surface area (Å²) >= 11 is 0. The van der Waals surface area contributed by atoms with Crippen LogP contribution in [0.15, 0.2) is 0 Å². The molecule has 1 rings (SSSR count). The SMILES string of the molecule is CO[C@@H]1O[C@@H](C[C@H](O)[C@H](O)[C@@H](C)O)[C@](O)([C@@H](C)O)C[C@H]1O. The van der Waals surface area contributed by atoms with E-state index in [0.717, 1.165) is 0 Å². The minimum absolute atomic E-state index is 0.203. The van der Waals surface area contributed by atoms with Crippen molar-refractivity contribution in [2.24, 2.45) is 0 Å². The van der Waals surface area contributed by atoms with Gasteiger partial charge in [-0.05, 0) is 13.8 Å². The minimum Gasteiger partial charge on any atom is -0.391 e. The molecule has 21 heavy (non-hydrogen) atoms. The molecule has 8 heteroatoms. The number of hydrogen-bond acceptors (Lipinski definition) is 8. The molecule has 0 bridgehead atoms. The molecule has 1 aliphatic heterocycles. The first kappa shape index (κ1) is 18.7. The Morgan fingerprint density at radius 2 is 1.81 bits per heavy atom. The lowest BCUT2D eigenvalue weighted by Crippen LogP contribution is -2.62. The summed E-state index contributed by atoms with van der Waals surface area (Å²) in [6.07, 6.45) is -8.83. The third-order valence-corrected chi connectivity index (χ3v) is 4.01. The van der Waals surface area contributed by atoms with Crippen LogP contribution >= 0.6 is 0 Å². The summed E-state index contributed by atoms with van der Waals surface area (Å²) in [6, 6.07) is 0. The fourth-order valence-corrected chi connectivity index (χ4v) is 2.53. The summed E-state index contributed by atoms with van der Waals surface area (Å²) in [5, 5.41) is 58.9. The third-order valence-electron chi connectivity index (χ3n) is 4.01. The van der Waals surface area contributed by atoms with Gasteiger partial charge in [0.25, 0.3) is 0 Å². The molecule has 0 aromatic heterocycles. The molecule has 1 fully saturated rings. The summed E-state index contributed by atoms with van der Waals surface area (Å²) in [5.41, 5.74) is -1.80. The van der Waals surface area contributed by atoms with Crippen LogP contribution in [0.25, 0.3) is 0 Å². The highest BCUT2D eigenvalue weighted by Crippen LogP contribution is 2.35. The molecular formula is C13H26O8. The van der Waals surface area contributed by atoms with E-state index in [9.17, 15) is 30.6 Å². The van der Waals surface area contributed by atoms with Crippen molar-refractivity contribution in [1.82, 2.24) is 0 Å². The average Bonchev–Trinajstić information content (AvgIpc) is 2.40. The lowest BCUT2D eigenvalue weighted by Gasteiger charge is -2.47. The van der Waals surface area contributed by atoms with Crippen molar-refractivity contribution in [3.8, 4) is 0 Å². The lowest BCUT2D eigenvalue weighted by atomic mass is 9.80. The van der Waals surface area contributed by atoms with Crippen LogP contribution in [0.4, 0.5) is 0 Å². The highest BCUT2D eigenvalue weighted by Gasteiger charge is 2.51. The Hall–Kier alpha value is -0.320. The Labute approximate surface area is 123 Å². The van der Waals surface area contributed by atoms with E-state index in [1.807, 2.05) is 0 Å². The van der Waals surface area contributed by atoms with Gasteiger partial charge in [-0.15, -0.1) is 0 Å². The molecule has 126 valence electrons. The second-order valence-corrected chi connectivity index (χ2v) is 5.70. The Kier molecular flexibility index (Phi) is 6.51. The van der Waals surface area contributed by atoms with Crippen molar-refractivity contribution in [3.05, 3.63) is 0 Å². The van der Waals surface area contributed by atoms with Crippen LogP contribution in [-0.2, 0) is 9.47 Å². The second-order valence-electron chi connectivity index (χ2n) is 5.70. The average molecular weight is 310 g/mol. The van der Waals surface area contributed by atoms with Gasteiger partial charge in [-0.25, -0.2) is 0 Å². The van der Waals surface area contributed by atoms with Gasteiger partial charge in [-0.1, -0.05) is 0 Å². The van der Waals surface area contributed by atoms with Crippen molar-refractivity contribution in [2.75, 3.05) is 7.11 Å². The quantitative estimate of drug-likeness (QED) is 0.322. The zero-order valence-corrected chi connectivity index (χ0v) is 12.5. The molecule has 0 aromatic rings. The molecule has 0 aromatic carbocycles. The van der Waals surface area contributed by atoms with Crippen molar-refractivity contribution >= 4 is 0 Å². The van der Waals surface area contributed by atoms with Gasteiger partial charge in [0.2, 0.25) is 0 Å². The van der Waals surface area contributed by atoms with Crippen LogP contribution in [0, 0.1) is 0 Å². The fraction of sp³-hybridized carbons (Fsp3) is 1.00. The van der Waals surface area contributed by atoms with E-state index in [-0.39, 0.29) is 12.8 Å². The predicted molar refractivity (Wildman–Crippen MR) is 71.2 cm³/mol. The number of hydrogen-bond donors (Lipinski definition) is 6. The zero-order valence-electron chi connectivity index (χ0n) is 12.5. The number of rotatable bonds is 6. The minimum atomic E-state index is -1.80.